The molecule has 0 radical (unpaired) electrons. The molecule has 1 unspecified atom stereocenters. The Hall–Kier alpha value is -3.78. The molecule has 1 aliphatic heterocycles. The molecular formula is C24H24N6O2. The predicted octanol–water partition coefficient (Wildman–Crippen LogP) is 3.60. The summed E-state index contributed by atoms with van der Waals surface area (Å²) < 4.78 is 7.47. The monoisotopic (exact) mass is 428 g/mol. The highest BCUT2D eigenvalue weighted by molar-refractivity contribution is 5.91. The molecule has 4 heterocycles. The largest absolute Gasteiger partial charge is 0.380 e. The first kappa shape index (κ1) is 20.1. The number of aromatic nitrogens is 4. The first-order valence-corrected chi connectivity index (χ1v) is 10.6. The van der Waals surface area contributed by atoms with E-state index in [4.69, 9.17) is 4.74 Å². The minimum Gasteiger partial charge on any atom is -0.380 e. The van der Waals surface area contributed by atoms with Crippen molar-refractivity contribution in [1.29, 1.82) is 0 Å². The van der Waals surface area contributed by atoms with E-state index in [1.165, 1.54) is 5.56 Å². The quantitative estimate of drug-likeness (QED) is 0.507. The molecule has 8 nitrogen and oxygen atoms in total. The molecule has 1 aliphatic rings. The van der Waals surface area contributed by atoms with Crippen molar-refractivity contribution in [3.8, 4) is 5.69 Å². The number of hydrogen-bond donors (Lipinski definition) is 2. The summed E-state index contributed by atoms with van der Waals surface area (Å²) in [5.41, 5.74) is 3.65. The number of nitrogens with zero attached hydrogens (tertiary/aromatic N) is 4. The van der Waals surface area contributed by atoms with E-state index in [0.717, 1.165) is 28.7 Å². The third-order valence-corrected chi connectivity index (χ3v) is 5.90. The number of carbonyl (C=O) groups is 1. The minimum atomic E-state index is -0.295. The number of amides is 2. The van der Waals surface area contributed by atoms with Crippen LogP contribution in [0.1, 0.15) is 17.7 Å². The van der Waals surface area contributed by atoms with Crippen LogP contribution in [-0.4, -0.2) is 45.5 Å². The molecule has 5 rings (SSSR count). The van der Waals surface area contributed by atoms with Gasteiger partial charge in [0.15, 0.2) is 0 Å². The highest BCUT2D eigenvalue weighted by atomic mass is 16.5. The second-order valence-corrected chi connectivity index (χ2v) is 8.10. The van der Waals surface area contributed by atoms with E-state index >= 15 is 0 Å². The van der Waals surface area contributed by atoms with Crippen molar-refractivity contribution in [2.75, 3.05) is 25.1 Å². The third kappa shape index (κ3) is 3.92. The minimum absolute atomic E-state index is 0.209. The Morgan fingerprint density at radius 2 is 2.03 bits per heavy atom. The van der Waals surface area contributed by atoms with Crippen LogP contribution in [0.2, 0.25) is 0 Å². The lowest BCUT2D eigenvalue weighted by Gasteiger charge is -2.28. The standard InChI is InChI=1S/C24H24N6O2/c1-17-11-20(7-9-25-17)30-21-14-26-22(12-18(21)13-28-30)29-23(31)27-15-24(8-10-32-16-24)19-5-3-2-4-6-19/h2-7,9,11-14H,8,10,15-16H2,1H3,(H2,26,27,29,31). The molecule has 2 N–H and O–H groups in total. The summed E-state index contributed by atoms with van der Waals surface area (Å²) >= 11 is 0. The van der Waals surface area contributed by atoms with Crippen molar-refractivity contribution in [1.82, 2.24) is 25.1 Å². The molecule has 8 heteroatoms. The first-order valence-electron chi connectivity index (χ1n) is 10.6. The van der Waals surface area contributed by atoms with E-state index in [-0.39, 0.29) is 11.4 Å². The number of carbonyl (C=O) groups excluding carboxylic acids is 1. The summed E-state index contributed by atoms with van der Waals surface area (Å²) in [5.74, 6) is 0.469. The van der Waals surface area contributed by atoms with Crippen LogP contribution in [0.4, 0.5) is 10.6 Å². The van der Waals surface area contributed by atoms with Crippen LogP contribution in [-0.2, 0) is 10.2 Å². The zero-order valence-corrected chi connectivity index (χ0v) is 17.8. The van der Waals surface area contributed by atoms with Crippen LogP contribution in [0, 0.1) is 6.92 Å². The normalized spacial score (nSPS) is 18.0. The van der Waals surface area contributed by atoms with Gasteiger partial charge >= 0.3 is 6.03 Å². The highest BCUT2D eigenvalue weighted by Crippen LogP contribution is 2.32. The number of urea groups is 1. The second-order valence-electron chi connectivity index (χ2n) is 8.10. The number of ether oxygens (including phenoxy) is 1. The molecule has 0 bridgehead atoms. The molecule has 1 aromatic carbocycles. The van der Waals surface area contributed by atoms with E-state index in [1.807, 2.05) is 48.0 Å². The van der Waals surface area contributed by atoms with Crippen molar-refractivity contribution in [2.24, 2.45) is 0 Å². The number of hydrogen-bond acceptors (Lipinski definition) is 5. The van der Waals surface area contributed by atoms with Gasteiger partial charge in [-0.25, -0.2) is 14.5 Å². The van der Waals surface area contributed by atoms with Crippen LogP contribution < -0.4 is 10.6 Å². The molecule has 1 saturated heterocycles. The molecule has 0 aliphatic carbocycles. The van der Waals surface area contributed by atoms with Gasteiger partial charge in [0, 0.05) is 35.8 Å². The van der Waals surface area contributed by atoms with E-state index in [9.17, 15) is 4.79 Å². The maximum absolute atomic E-state index is 12.6. The van der Waals surface area contributed by atoms with Gasteiger partial charge in [-0.1, -0.05) is 30.3 Å². The van der Waals surface area contributed by atoms with Gasteiger partial charge in [-0.3, -0.25) is 10.3 Å². The fraction of sp³-hybridized carbons (Fsp3) is 0.250. The van der Waals surface area contributed by atoms with Crippen LogP contribution in [0.5, 0.6) is 0 Å². The summed E-state index contributed by atoms with van der Waals surface area (Å²) in [6, 6.07) is 15.6. The highest BCUT2D eigenvalue weighted by Gasteiger charge is 2.37. The van der Waals surface area contributed by atoms with Gasteiger partial charge in [-0.2, -0.15) is 5.10 Å². The average molecular weight is 428 g/mol. The number of pyridine rings is 2. The Balaban J connectivity index is 1.29. The van der Waals surface area contributed by atoms with Gasteiger partial charge in [0.05, 0.1) is 30.2 Å². The molecule has 4 aromatic rings. The number of benzene rings is 1. The van der Waals surface area contributed by atoms with Gasteiger partial charge in [-0.15, -0.1) is 0 Å². The Labute approximate surface area is 185 Å². The van der Waals surface area contributed by atoms with E-state index in [1.54, 1.807) is 18.6 Å². The van der Waals surface area contributed by atoms with E-state index in [0.29, 0.717) is 25.6 Å². The zero-order chi connectivity index (χ0) is 22.0. The van der Waals surface area contributed by atoms with Gasteiger partial charge in [0.2, 0.25) is 0 Å². The number of nitrogens with one attached hydrogen (secondary N) is 2. The number of anilines is 1. The van der Waals surface area contributed by atoms with E-state index < -0.39 is 0 Å². The average Bonchev–Trinajstić information content (AvgIpc) is 3.46. The predicted molar refractivity (Wildman–Crippen MR) is 122 cm³/mol. The molecule has 32 heavy (non-hydrogen) atoms. The molecule has 3 aromatic heterocycles. The lowest BCUT2D eigenvalue weighted by Crippen LogP contribution is -2.43. The third-order valence-electron chi connectivity index (χ3n) is 5.90. The van der Waals surface area contributed by atoms with Crippen molar-refractivity contribution in [3.05, 3.63) is 78.4 Å². The van der Waals surface area contributed by atoms with Crippen molar-refractivity contribution in [3.63, 3.8) is 0 Å². The fourth-order valence-electron chi connectivity index (χ4n) is 4.14. The van der Waals surface area contributed by atoms with Crippen LogP contribution in [0.3, 0.4) is 0 Å². The van der Waals surface area contributed by atoms with Gasteiger partial charge in [0.1, 0.15) is 5.82 Å². The smallest absolute Gasteiger partial charge is 0.320 e. The van der Waals surface area contributed by atoms with E-state index in [2.05, 4.69) is 37.8 Å². The molecule has 0 spiro atoms. The summed E-state index contributed by atoms with van der Waals surface area (Å²) in [5, 5.41) is 11.2. The SMILES string of the molecule is Cc1cc(-n2ncc3cc(NC(=O)NCC4(c5ccccc5)CCOC4)ncc32)ccn1. The Morgan fingerprint density at radius 1 is 1.16 bits per heavy atom. The maximum atomic E-state index is 12.6. The lowest BCUT2D eigenvalue weighted by atomic mass is 9.80. The van der Waals surface area contributed by atoms with Crippen LogP contribution in [0.15, 0.2) is 67.1 Å². The number of rotatable bonds is 5. The second kappa shape index (κ2) is 8.39. The Kier molecular flexibility index (Phi) is 5.28. The molecular weight excluding hydrogens is 404 g/mol. The number of fused-ring (bicyclic) bond motifs is 1. The van der Waals surface area contributed by atoms with Crippen molar-refractivity contribution < 1.29 is 9.53 Å². The molecule has 162 valence electrons. The van der Waals surface area contributed by atoms with Crippen molar-refractivity contribution in [2.45, 2.75) is 18.8 Å². The molecule has 1 atom stereocenters. The Morgan fingerprint density at radius 3 is 2.81 bits per heavy atom. The van der Waals surface area contributed by atoms with Crippen LogP contribution >= 0.6 is 0 Å². The Bertz CT molecular complexity index is 1250. The summed E-state index contributed by atoms with van der Waals surface area (Å²) in [6.07, 6.45) is 6.10. The number of aryl methyl sites for hydroxylation is 1. The maximum Gasteiger partial charge on any atom is 0.320 e. The van der Waals surface area contributed by atoms with Gasteiger partial charge < -0.3 is 10.1 Å². The summed E-state index contributed by atoms with van der Waals surface area (Å²) in [7, 11) is 0. The molecule has 2 amide bonds. The van der Waals surface area contributed by atoms with Crippen molar-refractivity contribution >= 4 is 22.8 Å². The molecule has 0 saturated carbocycles. The lowest BCUT2D eigenvalue weighted by molar-refractivity contribution is 0.176. The summed E-state index contributed by atoms with van der Waals surface area (Å²) in [4.78, 5) is 21.2. The van der Waals surface area contributed by atoms with Gasteiger partial charge in [-0.05, 0) is 37.1 Å². The first-order chi connectivity index (χ1) is 15.6. The zero-order valence-electron chi connectivity index (χ0n) is 17.8. The molecule has 1 fully saturated rings. The fourth-order valence-corrected chi connectivity index (χ4v) is 4.14. The van der Waals surface area contributed by atoms with Crippen LogP contribution in [0.25, 0.3) is 16.6 Å². The topological polar surface area (TPSA) is 94.0 Å². The van der Waals surface area contributed by atoms with Gasteiger partial charge in [0.25, 0.3) is 0 Å². The summed E-state index contributed by atoms with van der Waals surface area (Å²) in [6.45, 7) is 3.71.